The van der Waals surface area contributed by atoms with Crippen LogP contribution in [0.3, 0.4) is 0 Å². The molecule has 0 saturated carbocycles. The van der Waals surface area contributed by atoms with Crippen molar-refractivity contribution in [3.8, 4) is 5.75 Å². The summed E-state index contributed by atoms with van der Waals surface area (Å²) in [6, 6.07) is 9.64. The van der Waals surface area contributed by atoms with Crippen molar-refractivity contribution >= 4 is 28.9 Å². The standard InChI is InChI=1S/C18H19N3O5/c1-11-8-15(16(21(24)25)9-12(11)2)20-18(23)10-26-17-7-5-4-6-14(17)19-13(3)22/h4-9H,10H2,1-3H3,(H,19,22)(H,20,23). The molecule has 2 N–H and O–H groups in total. The van der Waals surface area contributed by atoms with Crippen molar-refractivity contribution in [2.45, 2.75) is 20.8 Å². The van der Waals surface area contributed by atoms with Gasteiger partial charge in [-0.05, 0) is 43.2 Å². The molecule has 2 amide bonds. The summed E-state index contributed by atoms with van der Waals surface area (Å²) >= 11 is 0. The minimum Gasteiger partial charge on any atom is -0.482 e. The third-order valence-electron chi connectivity index (χ3n) is 3.64. The molecule has 0 unspecified atom stereocenters. The number of nitro groups is 1. The number of hydrogen-bond donors (Lipinski definition) is 2. The Morgan fingerprint density at radius 1 is 1.08 bits per heavy atom. The molecular formula is C18H19N3O5. The van der Waals surface area contributed by atoms with E-state index in [1.165, 1.54) is 13.0 Å². The number of para-hydroxylation sites is 2. The summed E-state index contributed by atoms with van der Waals surface area (Å²) in [5.74, 6) is -0.488. The monoisotopic (exact) mass is 357 g/mol. The number of carbonyl (C=O) groups is 2. The number of carbonyl (C=O) groups excluding carboxylic acids is 2. The van der Waals surface area contributed by atoms with Gasteiger partial charge in [0.2, 0.25) is 5.91 Å². The number of ether oxygens (including phenoxy) is 1. The van der Waals surface area contributed by atoms with E-state index in [4.69, 9.17) is 4.74 Å². The molecular weight excluding hydrogens is 338 g/mol. The van der Waals surface area contributed by atoms with E-state index in [0.29, 0.717) is 11.4 Å². The summed E-state index contributed by atoms with van der Waals surface area (Å²) in [5, 5.41) is 16.3. The fraction of sp³-hybridized carbons (Fsp3) is 0.222. The third-order valence-corrected chi connectivity index (χ3v) is 3.64. The van der Waals surface area contributed by atoms with Crippen molar-refractivity contribution in [2.75, 3.05) is 17.2 Å². The molecule has 0 aromatic heterocycles. The van der Waals surface area contributed by atoms with Crippen LogP contribution in [-0.2, 0) is 9.59 Å². The smallest absolute Gasteiger partial charge is 0.293 e. The summed E-state index contributed by atoms with van der Waals surface area (Å²) in [5.41, 5.74) is 1.95. The average molecular weight is 357 g/mol. The molecule has 0 aliphatic rings. The van der Waals surface area contributed by atoms with E-state index < -0.39 is 10.8 Å². The van der Waals surface area contributed by atoms with E-state index in [9.17, 15) is 19.7 Å². The Morgan fingerprint density at radius 2 is 1.73 bits per heavy atom. The first-order chi connectivity index (χ1) is 12.3. The van der Waals surface area contributed by atoms with Gasteiger partial charge < -0.3 is 15.4 Å². The molecule has 8 heteroatoms. The van der Waals surface area contributed by atoms with E-state index in [2.05, 4.69) is 10.6 Å². The van der Waals surface area contributed by atoms with Gasteiger partial charge in [-0.3, -0.25) is 19.7 Å². The number of rotatable bonds is 6. The highest BCUT2D eigenvalue weighted by atomic mass is 16.6. The Bertz CT molecular complexity index is 864. The second-order valence-corrected chi connectivity index (χ2v) is 5.72. The highest BCUT2D eigenvalue weighted by molar-refractivity contribution is 5.94. The van der Waals surface area contributed by atoms with Gasteiger partial charge in [0.25, 0.3) is 11.6 Å². The zero-order chi connectivity index (χ0) is 19.3. The zero-order valence-corrected chi connectivity index (χ0v) is 14.7. The molecule has 0 radical (unpaired) electrons. The first-order valence-electron chi connectivity index (χ1n) is 7.83. The van der Waals surface area contributed by atoms with Gasteiger partial charge in [0, 0.05) is 13.0 Å². The maximum atomic E-state index is 12.1. The Labute approximate surface area is 150 Å². The lowest BCUT2D eigenvalue weighted by Crippen LogP contribution is -2.21. The third kappa shape index (κ3) is 4.79. The molecule has 0 heterocycles. The molecule has 0 bridgehead atoms. The maximum absolute atomic E-state index is 12.1. The van der Waals surface area contributed by atoms with Gasteiger partial charge in [-0.1, -0.05) is 12.1 Å². The molecule has 0 saturated heterocycles. The van der Waals surface area contributed by atoms with Crippen molar-refractivity contribution in [1.29, 1.82) is 0 Å². The summed E-state index contributed by atoms with van der Waals surface area (Å²) in [6.45, 7) is 4.56. The molecule has 0 aliphatic carbocycles. The molecule has 0 atom stereocenters. The summed E-state index contributed by atoms with van der Waals surface area (Å²) < 4.78 is 5.43. The maximum Gasteiger partial charge on any atom is 0.293 e. The van der Waals surface area contributed by atoms with Crippen LogP contribution >= 0.6 is 0 Å². The Kier molecular flexibility index (Phi) is 5.90. The Hall–Kier alpha value is -3.42. The van der Waals surface area contributed by atoms with E-state index in [-0.39, 0.29) is 23.9 Å². The average Bonchev–Trinajstić information content (AvgIpc) is 2.56. The van der Waals surface area contributed by atoms with Gasteiger partial charge in [-0.15, -0.1) is 0 Å². The molecule has 2 aromatic carbocycles. The Balaban J connectivity index is 2.10. The second kappa shape index (κ2) is 8.11. The van der Waals surface area contributed by atoms with Gasteiger partial charge >= 0.3 is 0 Å². The van der Waals surface area contributed by atoms with Gasteiger partial charge in [0.05, 0.1) is 10.6 Å². The number of nitrogens with one attached hydrogen (secondary N) is 2. The number of nitrogens with zero attached hydrogens (tertiary/aromatic N) is 1. The van der Waals surface area contributed by atoms with Crippen LogP contribution in [0.25, 0.3) is 0 Å². The van der Waals surface area contributed by atoms with Gasteiger partial charge in [0.1, 0.15) is 11.4 Å². The largest absolute Gasteiger partial charge is 0.482 e. The highest BCUT2D eigenvalue weighted by Crippen LogP contribution is 2.28. The minimum absolute atomic E-state index is 0.113. The molecule has 136 valence electrons. The van der Waals surface area contributed by atoms with Crippen molar-refractivity contribution in [1.82, 2.24) is 0 Å². The summed E-state index contributed by atoms with van der Waals surface area (Å²) in [4.78, 5) is 34.0. The fourth-order valence-electron chi connectivity index (χ4n) is 2.27. The zero-order valence-electron chi connectivity index (χ0n) is 14.7. The highest BCUT2D eigenvalue weighted by Gasteiger charge is 2.18. The fourth-order valence-corrected chi connectivity index (χ4v) is 2.27. The molecule has 0 aliphatic heterocycles. The predicted octanol–water partition coefficient (Wildman–Crippen LogP) is 3.19. The number of aryl methyl sites for hydroxylation is 2. The van der Waals surface area contributed by atoms with Gasteiger partial charge in [-0.2, -0.15) is 0 Å². The van der Waals surface area contributed by atoms with Crippen LogP contribution in [0.5, 0.6) is 5.75 Å². The number of hydrogen-bond acceptors (Lipinski definition) is 5. The Morgan fingerprint density at radius 3 is 2.38 bits per heavy atom. The molecule has 0 spiro atoms. The van der Waals surface area contributed by atoms with Crippen LogP contribution in [0.4, 0.5) is 17.1 Å². The van der Waals surface area contributed by atoms with Crippen molar-refractivity contribution < 1.29 is 19.2 Å². The number of amides is 2. The number of anilines is 2. The van der Waals surface area contributed by atoms with Crippen LogP contribution in [0, 0.1) is 24.0 Å². The van der Waals surface area contributed by atoms with E-state index >= 15 is 0 Å². The molecule has 2 rings (SSSR count). The van der Waals surface area contributed by atoms with E-state index in [1.807, 2.05) is 0 Å². The van der Waals surface area contributed by atoms with Crippen molar-refractivity contribution in [3.05, 3.63) is 57.6 Å². The summed E-state index contributed by atoms with van der Waals surface area (Å²) in [7, 11) is 0. The van der Waals surface area contributed by atoms with Crippen molar-refractivity contribution in [3.63, 3.8) is 0 Å². The lowest BCUT2D eigenvalue weighted by molar-refractivity contribution is -0.384. The van der Waals surface area contributed by atoms with Crippen LogP contribution in [0.15, 0.2) is 36.4 Å². The topological polar surface area (TPSA) is 111 Å². The molecule has 8 nitrogen and oxygen atoms in total. The van der Waals surface area contributed by atoms with Gasteiger partial charge in [0.15, 0.2) is 6.61 Å². The minimum atomic E-state index is -0.547. The van der Waals surface area contributed by atoms with Crippen LogP contribution < -0.4 is 15.4 Å². The quantitative estimate of drug-likeness (QED) is 0.609. The van der Waals surface area contributed by atoms with Gasteiger partial charge in [-0.25, -0.2) is 0 Å². The lowest BCUT2D eigenvalue weighted by atomic mass is 10.1. The van der Waals surface area contributed by atoms with Crippen LogP contribution in [-0.4, -0.2) is 23.3 Å². The predicted molar refractivity (Wildman–Crippen MR) is 97.4 cm³/mol. The van der Waals surface area contributed by atoms with Crippen LogP contribution in [0.1, 0.15) is 18.1 Å². The van der Waals surface area contributed by atoms with E-state index in [0.717, 1.165) is 11.1 Å². The van der Waals surface area contributed by atoms with Crippen molar-refractivity contribution in [2.24, 2.45) is 0 Å². The lowest BCUT2D eigenvalue weighted by Gasteiger charge is -2.12. The molecule has 26 heavy (non-hydrogen) atoms. The number of nitro benzene ring substituents is 1. The first kappa shape index (κ1) is 18.9. The first-order valence-corrected chi connectivity index (χ1v) is 7.83. The number of benzene rings is 2. The molecule has 0 fully saturated rings. The van der Waals surface area contributed by atoms with E-state index in [1.54, 1.807) is 44.2 Å². The van der Waals surface area contributed by atoms with Crippen LogP contribution in [0.2, 0.25) is 0 Å². The second-order valence-electron chi connectivity index (χ2n) is 5.72. The summed E-state index contributed by atoms with van der Waals surface area (Å²) in [6.07, 6.45) is 0. The SMILES string of the molecule is CC(=O)Nc1ccccc1OCC(=O)Nc1cc(C)c(C)cc1[N+](=O)[O-]. The molecule has 2 aromatic rings. The normalized spacial score (nSPS) is 10.1.